The molecular weight excluding hydrogens is 120 g/mol. The first kappa shape index (κ1) is 9.74. The lowest BCUT2D eigenvalue weighted by molar-refractivity contribution is 0.457. The first-order chi connectivity index (χ1) is 4.85. The van der Waals surface area contributed by atoms with Crippen molar-refractivity contribution < 1.29 is 0 Å². The topological polar surface area (TPSA) is 0 Å². The molecule has 0 fully saturated rings. The molecular formula is C10H20. The Balaban J connectivity index is 3.29. The highest BCUT2D eigenvalue weighted by atomic mass is 14.1. The van der Waals surface area contributed by atoms with E-state index in [0.29, 0.717) is 0 Å². The van der Waals surface area contributed by atoms with Crippen molar-refractivity contribution in [3.8, 4) is 0 Å². The highest BCUT2D eigenvalue weighted by Gasteiger charge is 2.01. The monoisotopic (exact) mass is 140 g/mol. The molecule has 10 heavy (non-hydrogen) atoms. The van der Waals surface area contributed by atoms with E-state index in [4.69, 9.17) is 0 Å². The molecule has 0 aromatic rings. The SMILES string of the molecule is C=CCC(CC)CCCC. The van der Waals surface area contributed by atoms with Gasteiger partial charge in [0.2, 0.25) is 0 Å². The van der Waals surface area contributed by atoms with Crippen LogP contribution in [0.3, 0.4) is 0 Å². The molecule has 0 aromatic heterocycles. The van der Waals surface area contributed by atoms with E-state index in [1.807, 2.05) is 6.08 Å². The van der Waals surface area contributed by atoms with Gasteiger partial charge in [-0.1, -0.05) is 45.6 Å². The predicted octanol–water partition coefficient (Wildman–Crippen LogP) is 3.78. The third kappa shape index (κ3) is 4.60. The van der Waals surface area contributed by atoms with E-state index in [0.717, 1.165) is 5.92 Å². The van der Waals surface area contributed by atoms with Crippen LogP contribution < -0.4 is 0 Å². The molecule has 0 aromatic carbocycles. The van der Waals surface area contributed by atoms with E-state index in [2.05, 4.69) is 20.4 Å². The number of hydrogen-bond acceptors (Lipinski definition) is 0. The van der Waals surface area contributed by atoms with Crippen molar-refractivity contribution >= 4 is 0 Å². The zero-order valence-corrected chi connectivity index (χ0v) is 7.40. The molecule has 0 spiro atoms. The summed E-state index contributed by atoms with van der Waals surface area (Å²) in [5.74, 6) is 0.900. The van der Waals surface area contributed by atoms with Gasteiger partial charge < -0.3 is 0 Å². The van der Waals surface area contributed by atoms with Crippen molar-refractivity contribution in [1.82, 2.24) is 0 Å². The Kier molecular flexibility index (Phi) is 6.68. The van der Waals surface area contributed by atoms with Crippen molar-refractivity contribution in [3.05, 3.63) is 12.7 Å². The van der Waals surface area contributed by atoms with Crippen LogP contribution in [0.25, 0.3) is 0 Å². The maximum Gasteiger partial charge on any atom is -0.0325 e. The largest absolute Gasteiger partial charge is 0.103 e. The molecule has 60 valence electrons. The smallest absolute Gasteiger partial charge is 0.0325 e. The van der Waals surface area contributed by atoms with E-state index in [9.17, 15) is 0 Å². The Morgan fingerprint density at radius 1 is 1.40 bits per heavy atom. The molecule has 0 saturated carbocycles. The van der Waals surface area contributed by atoms with Crippen LogP contribution in [0, 0.1) is 5.92 Å². The summed E-state index contributed by atoms with van der Waals surface area (Å²) >= 11 is 0. The summed E-state index contributed by atoms with van der Waals surface area (Å²) < 4.78 is 0. The highest BCUT2D eigenvalue weighted by molar-refractivity contribution is 4.71. The van der Waals surface area contributed by atoms with Crippen LogP contribution in [-0.4, -0.2) is 0 Å². The minimum absolute atomic E-state index is 0.900. The maximum atomic E-state index is 3.76. The summed E-state index contributed by atoms with van der Waals surface area (Å²) in [5, 5.41) is 0. The lowest BCUT2D eigenvalue weighted by Crippen LogP contribution is -1.95. The van der Waals surface area contributed by atoms with E-state index >= 15 is 0 Å². The number of allylic oxidation sites excluding steroid dienone is 1. The molecule has 1 atom stereocenters. The Morgan fingerprint density at radius 3 is 2.50 bits per heavy atom. The fraction of sp³-hybridized carbons (Fsp3) is 0.800. The molecule has 0 nitrogen and oxygen atoms in total. The lowest BCUT2D eigenvalue weighted by Gasteiger charge is -2.10. The Bertz CT molecular complexity index is 74.1. The Hall–Kier alpha value is -0.260. The zero-order chi connectivity index (χ0) is 7.82. The third-order valence-electron chi connectivity index (χ3n) is 2.04. The van der Waals surface area contributed by atoms with Gasteiger partial charge in [0.25, 0.3) is 0 Å². The first-order valence-corrected chi connectivity index (χ1v) is 4.46. The fourth-order valence-electron chi connectivity index (χ4n) is 1.22. The van der Waals surface area contributed by atoms with Crippen LogP contribution in [0.15, 0.2) is 12.7 Å². The minimum atomic E-state index is 0.900. The quantitative estimate of drug-likeness (QED) is 0.492. The molecule has 0 amide bonds. The van der Waals surface area contributed by atoms with E-state index in [1.165, 1.54) is 32.1 Å². The van der Waals surface area contributed by atoms with Gasteiger partial charge in [0.15, 0.2) is 0 Å². The second kappa shape index (κ2) is 6.85. The lowest BCUT2D eigenvalue weighted by atomic mass is 9.96. The molecule has 0 aliphatic carbocycles. The Labute approximate surface area is 65.3 Å². The second-order valence-electron chi connectivity index (χ2n) is 2.94. The predicted molar refractivity (Wildman–Crippen MR) is 48.1 cm³/mol. The average molecular weight is 140 g/mol. The first-order valence-electron chi connectivity index (χ1n) is 4.46. The molecule has 0 saturated heterocycles. The summed E-state index contributed by atoms with van der Waals surface area (Å²) in [7, 11) is 0. The van der Waals surface area contributed by atoms with E-state index < -0.39 is 0 Å². The van der Waals surface area contributed by atoms with Crippen molar-refractivity contribution in [3.63, 3.8) is 0 Å². The summed E-state index contributed by atoms with van der Waals surface area (Å²) in [6.07, 6.45) is 8.66. The number of hydrogen-bond donors (Lipinski definition) is 0. The molecule has 0 aliphatic rings. The van der Waals surface area contributed by atoms with Crippen molar-refractivity contribution in [2.24, 2.45) is 5.92 Å². The van der Waals surface area contributed by atoms with Gasteiger partial charge in [0, 0.05) is 0 Å². The summed E-state index contributed by atoms with van der Waals surface area (Å²) in [6, 6.07) is 0. The van der Waals surface area contributed by atoms with E-state index in [1.54, 1.807) is 0 Å². The summed E-state index contributed by atoms with van der Waals surface area (Å²) in [6.45, 7) is 8.27. The third-order valence-corrected chi connectivity index (χ3v) is 2.04. The number of rotatable bonds is 6. The molecule has 0 bridgehead atoms. The molecule has 1 unspecified atom stereocenters. The maximum absolute atomic E-state index is 3.76. The van der Waals surface area contributed by atoms with Gasteiger partial charge >= 0.3 is 0 Å². The fourth-order valence-corrected chi connectivity index (χ4v) is 1.22. The molecule has 0 N–H and O–H groups in total. The minimum Gasteiger partial charge on any atom is -0.103 e. The zero-order valence-electron chi connectivity index (χ0n) is 7.40. The van der Waals surface area contributed by atoms with E-state index in [-0.39, 0.29) is 0 Å². The second-order valence-corrected chi connectivity index (χ2v) is 2.94. The van der Waals surface area contributed by atoms with Crippen LogP contribution in [0.4, 0.5) is 0 Å². The van der Waals surface area contributed by atoms with Gasteiger partial charge in [-0.15, -0.1) is 6.58 Å². The molecule has 0 heterocycles. The number of unbranched alkanes of at least 4 members (excludes halogenated alkanes) is 1. The van der Waals surface area contributed by atoms with Crippen molar-refractivity contribution in [2.75, 3.05) is 0 Å². The van der Waals surface area contributed by atoms with Crippen LogP contribution >= 0.6 is 0 Å². The van der Waals surface area contributed by atoms with Crippen molar-refractivity contribution in [1.29, 1.82) is 0 Å². The van der Waals surface area contributed by atoms with Gasteiger partial charge in [-0.25, -0.2) is 0 Å². The van der Waals surface area contributed by atoms with Crippen LogP contribution in [0.1, 0.15) is 46.0 Å². The standard InChI is InChI=1S/C10H20/c1-4-7-9-10(6-3)8-5-2/h5,10H,2,4,6-9H2,1,3H3. The highest BCUT2D eigenvalue weighted by Crippen LogP contribution is 2.16. The van der Waals surface area contributed by atoms with Crippen LogP contribution in [0.5, 0.6) is 0 Å². The van der Waals surface area contributed by atoms with Gasteiger partial charge in [-0.05, 0) is 12.3 Å². The summed E-state index contributed by atoms with van der Waals surface area (Å²) in [4.78, 5) is 0. The molecule has 0 heteroatoms. The summed E-state index contributed by atoms with van der Waals surface area (Å²) in [5.41, 5.74) is 0. The van der Waals surface area contributed by atoms with Crippen molar-refractivity contribution in [2.45, 2.75) is 46.0 Å². The van der Waals surface area contributed by atoms with Crippen LogP contribution in [-0.2, 0) is 0 Å². The molecule has 0 radical (unpaired) electrons. The van der Waals surface area contributed by atoms with Gasteiger partial charge in [-0.3, -0.25) is 0 Å². The Morgan fingerprint density at radius 2 is 2.10 bits per heavy atom. The molecule has 0 rings (SSSR count). The molecule has 0 aliphatic heterocycles. The van der Waals surface area contributed by atoms with Crippen LogP contribution in [0.2, 0.25) is 0 Å². The van der Waals surface area contributed by atoms with Gasteiger partial charge in [0.1, 0.15) is 0 Å². The normalized spacial score (nSPS) is 13.0. The van der Waals surface area contributed by atoms with Gasteiger partial charge in [0.05, 0.1) is 0 Å². The average Bonchev–Trinajstić information content (AvgIpc) is 1.98. The van der Waals surface area contributed by atoms with Gasteiger partial charge in [-0.2, -0.15) is 0 Å².